The van der Waals surface area contributed by atoms with Gasteiger partial charge in [-0.1, -0.05) is 29.4 Å². The number of hydrogen-bond acceptors (Lipinski definition) is 6. The van der Waals surface area contributed by atoms with Crippen LogP contribution in [0, 0.1) is 12.8 Å². The second kappa shape index (κ2) is 9.48. The number of piperidine rings is 1. The number of benzene rings is 1. The van der Waals surface area contributed by atoms with Crippen molar-refractivity contribution in [2.75, 3.05) is 19.7 Å². The first kappa shape index (κ1) is 20.0. The first-order valence-electron chi connectivity index (χ1n) is 9.88. The summed E-state index contributed by atoms with van der Waals surface area (Å²) in [7, 11) is 0. The minimum Gasteiger partial charge on any atom is -0.466 e. The van der Waals surface area contributed by atoms with Gasteiger partial charge in [0.2, 0.25) is 17.6 Å². The molecule has 1 aliphatic heterocycles. The number of aromatic nitrogens is 2. The first-order chi connectivity index (χ1) is 13.6. The van der Waals surface area contributed by atoms with E-state index < -0.39 is 0 Å². The summed E-state index contributed by atoms with van der Waals surface area (Å²) in [5.41, 5.74) is 2.07. The van der Waals surface area contributed by atoms with Crippen molar-refractivity contribution in [1.29, 1.82) is 0 Å². The molecule has 28 heavy (non-hydrogen) atoms. The highest BCUT2D eigenvalue weighted by Crippen LogP contribution is 2.24. The Morgan fingerprint density at radius 1 is 1.29 bits per heavy atom. The van der Waals surface area contributed by atoms with Crippen LogP contribution in [-0.4, -0.2) is 46.6 Å². The SMILES string of the molecule is CCOC(=O)CCC(=O)N1CCC[C@H](Cc2nc(-c3ccccc3C)no2)C1. The highest BCUT2D eigenvalue weighted by molar-refractivity contribution is 5.81. The molecule has 0 N–H and O–H groups in total. The number of hydrogen-bond donors (Lipinski definition) is 0. The van der Waals surface area contributed by atoms with E-state index in [1.165, 1.54) is 0 Å². The third-order valence-electron chi connectivity index (χ3n) is 5.04. The Hall–Kier alpha value is -2.70. The zero-order chi connectivity index (χ0) is 19.9. The lowest BCUT2D eigenvalue weighted by atomic mass is 9.94. The lowest BCUT2D eigenvalue weighted by molar-refractivity contribution is -0.146. The van der Waals surface area contributed by atoms with Crippen molar-refractivity contribution in [3.05, 3.63) is 35.7 Å². The number of likely N-dealkylation sites (tertiary alicyclic amines) is 1. The molecule has 1 atom stereocenters. The van der Waals surface area contributed by atoms with Gasteiger partial charge in [0, 0.05) is 31.5 Å². The molecule has 1 aromatic carbocycles. The molecule has 1 aliphatic rings. The third-order valence-corrected chi connectivity index (χ3v) is 5.04. The molecule has 2 aromatic rings. The number of carbonyl (C=O) groups excluding carboxylic acids is 2. The number of rotatable bonds is 7. The zero-order valence-corrected chi connectivity index (χ0v) is 16.5. The van der Waals surface area contributed by atoms with Crippen LogP contribution in [0.5, 0.6) is 0 Å². The van der Waals surface area contributed by atoms with Gasteiger partial charge in [-0.05, 0) is 38.2 Å². The van der Waals surface area contributed by atoms with Gasteiger partial charge in [0.15, 0.2) is 0 Å². The Labute approximate surface area is 165 Å². The predicted molar refractivity (Wildman–Crippen MR) is 103 cm³/mol. The van der Waals surface area contributed by atoms with Crippen LogP contribution in [0.1, 0.15) is 44.1 Å². The van der Waals surface area contributed by atoms with Crippen LogP contribution in [0.3, 0.4) is 0 Å². The van der Waals surface area contributed by atoms with Crippen molar-refractivity contribution in [2.24, 2.45) is 5.92 Å². The number of esters is 1. The summed E-state index contributed by atoms with van der Waals surface area (Å²) in [6, 6.07) is 7.94. The van der Waals surface area contributed by atoms with E-state index >= 15 is 0 Å². The van der Waals surface area contributed by atoms with Gasteiger partial charge in [-0.2, -0.15) is 4.98 Å². The van der Waals surface area contributed by atoms with Crippen LogP contribution < -0.4 is 0 Å². The van der Waals surface area contributed by atoms with E-state index in [0.29, 0.717) is 31.3 Å². The van der Waals surface area contributed by atoms with Gasteiger partial charge in [0.05, 0.1) is 13.0 Å². The van der Waals surface area contributed by atoms with Crippen LogP contribution >= 0.6 is 0 Å². The number of nitrogens with zero attached hydrogens (tertiary/aromatic N) is 3. The van der Waals surface area contributed by atoms with Gasteiger partial charge in [-0.25, -0.2) is 0 Å². The van der Waals surface area contributed by atoms with Gasteiger partial charge in [-0.3, -0.25) is 9.59 Å². The van der Waals surface area contributed by atoms with E-state index in [9.17, 15) is 9.59 Å². The van der Waals surface area contributed by atoms with Crippen molar-refractivity contribution in [2.45, 2.75) is 46.0 Å². The molecule has 7 nitrogen and oxygen atoms in total. The second-order valence-corrected chi connectivity index (χ2v) is 7.18. The standard InChI is InChI=1S/C21H27N3O4/c1-3-27-20(26)11-10-19(25)24-12-6-8-16(14-24)13-18-22-21(23-28-18)17-9-5-4-7-15(17)2/h4-5,7,9,16H,3,6,8,10-14H2,1-2H3/t16-/m1/s1. The molecule has 150 valence electrons. The van der Waals surface area contributed by atoms with E-state index in [1.54, 1.807) is 6.92 Å². The van der Waals surface area contributed by atoms with E-state index in [4.69, 9.17) is 9.26 Å². The summed E-state index contributed by atoms with van der Waals surface area (Å²) in [6.07, 6.45) is 2.94. The highest BCUT2D eigenvalue weighted by atomic mass is 16.5. The van der Waals surface area contributed by atoms with Gasteiger partial charge in [-0.15, -0.1) is 0 Å². The fourth-order valence-electron chi connectivity index (χ4n) is 3.58. The molecule has 0 spiro atoms. The molecular weight excluding hydrogens is 358 g/mol. The van der Waals surface area contributed by atoms with Crippen molar-refractivity contribution in [3.63, 3.8) is 0 Å². The van der Waals surface area contributed by atoms with Crippen LogP contribution in [0.2, 0.25) is 0 Å². The van der Waals surface area contributed by atoms with Gasteiger partial charge in [0.25, 0.3) is 0 Å². The lowest BCUT2D eigenvalue weighted by Crippen LogP contribution is -2.40. The van der Waals surface area contributed by atoms with E-state index in [-0.39, 0.29) is 30.6 Å². The minimum absolute atomic E-state index is 0.00359. The molecular formula is C21H27N3O4. The van der Waals surface area contributed by atoms with Crippen LogP contribution in [0.25, 0.3) is 11.4 Å². The van der Waals surface area contributed by atoms with Crippen molar-refractivity contribution >= 4 is 11.9 Å². The molecule has 2 heterocycles. The maximum absolute atomic E-state index is 12.4. The summed E-state index contributed by atoms with van der Waals surface area (Å²) in [6.45, 7) is 5.51. The molecule has 0 bridgehead atoms. The molecule has 1 amide bonds. The average molecular weight is 385 g/mol. The summed E-state index contributed by atoms with van der Waals surface area (Å²) in [5, 5.41) is 4.12. The zero-order valence-electron chi connectivity index (χ0n) is 16.5. The fraction of sp³-hybridized carbons (Fsp3) is 0.524. The Kier molecular flexibility index (Phi) is 6.79. The summed E-state index contributed by atoms with van der Waals surface area (Å²) in [4.78, 5) is 30.2. The van der Waals surface area contributed by atoms with Crippen molar-refractivity contribution in [3.8, 4) is 11.4 Å². The molecule has 0 aliphatic carbocycles. The predicted octanol–water partition coefficient (Wildman–Crippen LogP) is 3.17. The maximum Gasteiger partial charge on any atom is 0.306 e. The first-order valence-corrected chi connectivity index (χ1v) is 9.88. The third kappa shape index (κ3) is 5.18. The normalized spacial score (nSPS) is 16.8. The molecule has 1 aromatic heterocycles. The molecule has 0 saturated carbocycles. The molecule has 3 rings (SSSR count). The topological polar surface area (TPSA) is 85.5 Å². The average Bonchev–Trinajstić information content (AvgIpc) is 3.15. The highest BCUT2D eigenvalue weighted by Gasteiger charge is 2.26. The Morgan fingerprint density at radius 3 is 2.89 bits per heavy atom. The fourth-order valence-corrected chi connectivity index (χ4v) is 3.58. The smallest absolute Gasteiger partial charge is 0.306 e. The largest absolute Gasteiger partial charge is 0.466 e. The summed E-state index contributed by atoms with van der Waals surface area (Å²) in [5.74, 6) is 1.17. The Balaban J connectivity index is 1.55. The summed E-state index contributed by atoms with van der Waals surface area (Å²) >= 11 is 0. The second-order valence-electron chi connectivity index (χ2n) is 7.18. The minimum atomic E-state index is -0.320. The van der Waals surface area contributed by atoms with Gasteiger partial charge >= 0.3 is 5.97 Å². The summed E-state index contributed by atoms with van der Waals surface area (Å²) < 4.78 is 10.3. The molecule has 1 fully saturated rings. The number of amides is 1. The molecule has 7 heteroatoms. The molecule has 0 radical (unpaired) electrons. The monoisotopic (exact) mass is 385 g/mol. The number of carbonyl (C=O) groups is 2. The van der Waals surface area contributed by atoms with Crippen molar-refractivity contribution < 1.29 is 18.8 Å². The molecule has 1 saturated heterocycles. The van der Waals surface area contributed by atoms with Crippen LogP contribution in [0.4, 0.5) is 0 Å². The number of ether oxygens (including phenoxy) is 1. The Bertz CT molecular complexity index is 817. The van der Waals surface area contributed by atoms with Gasteiger partial charge in [0.1, 0.15) is 0 Å². The Morgan fingerprint density at radius 2 is 2.11 bits per heavy atom. The molecule has 0 unspecified atom stereocenters. The van der Waals surface area contributed by atoms with E-state index in [0.717, 1.165) is 30.5 Å². The number of aryl methyl sites for hydroxylation is 1. The maximum atomic E-state index is 12.4. The van der Waals surface area contributed by atoms with E-state index in [1.807, 2.05) is 36.1 Å². The lowest BCUT2D eigenvalue weighted by Gasteiger charge is -2.32. The van der Waals surface area contributed by atoms with E-state index in [2.05, 4.69) is 10.1 Å². The van der Waals surface area contributed by atoms with Crippen LogP contribution in [-0.2, 0) is 20.7 Å². The van der Waals surface area contributed by atoms with Crippen LogP contribution in [0.15, 0.2) is 28.8 Å². The quantitative estimate of drug-likeness (QED) is 0.681. The van der Waals surface area contributed by atoms with Gasteiger partial charge < -0.3 is 14.2 Å². The van der Waals surface area contributed by atoms with Crippen molar-refractivity contribution in [1.82, 2.24) is 15.0 Å².